The highest BCUT2D eigenvalue weighted by Gasteiger charge is 2.04. The quantitative estimate of drug-likeness (QED) is 0.539. The van der Waals surface area contributed by atoms with Crippen LogP contribution in [0.2, 0.25) is 0 Å². The van der Waals surface area contributed by atoms with Crippen LogP contribution in [0, 0.1) is 6.92 Å². The molecule has 0 unspecified atom stereocenters. The number of fused-ring (bicyclic) bond motifs is 1. The maximum Gasteiger partial charge on any atom is 0.137 e. The summed E-state index contributed by atoms with van der Waals surface area (Å²) in [5.74, 6) is 0.247. The Hall–Kier alpha value is -3.13. The fourth-order valence-electron chi connectivity index (χ4n) is 3.10. The van der Waals surface area contributed by atoms with Crippen LogP contribution in [0.1, 0.15) is 16.8 Å². The normalized spacial score (nSPS) is 10.9. The van der Waals surface area contributed by atoms with Crippen LogP contribution in [0.4, 0.5) is 0 Å². The maximum absolute atomic E-state index is 9.87. The molecule has 1 aromatic heterocycles. The molecule has 0 saturated carbocycles. The molecule has 2 nitrogen and oxygen atoms in total. The van der Waals surface area contributed by atoms with E-state index in [0.29, 0.717) is 5.69 Å². The molecule has 0 saturated heterocycles. The highest BCUT2D eigenvalue weighted by molar-refractivity contribution is 5.81. The van der Waals surface area contributed by atoms with Gasteiger partial charge in [-0.2, -0.15) is 0 Å². The highest BCUT2D eigenvalue weighted by atomic mass is 16.3. The van der Waals surface area contributed by atoms with E-state index >= 15 is 0 Å². The van der Waals surface area contributed by atoms with Gasteiger partial charge in [0, 0.05) is 5.39 Å². The van der Waals surface area contributed by atoms with Crippen LogP contribution in [0.15, 0.2) is 78.9 Å². The van der Waals surface area contributed by atoms with Crippen molar-refractivity contribution >= 4 is 10.9 Å². The highest BCUT2D eigenvalue weighted by Crippen LogP contribution is 2.24. The van der Waals surface area contributed by atoms with Gasteiger partial charge in [-0.05, 0) is 53.8 Å². The zero-order chi connectivity index (χ0) is 17.2. The number of benzene rings is 3. The number of nitrogens with zero attached hydrogens (tertiary/aromatic N) is 1. The van der Waals surface area contributed by atoms with E-state index in [0.717, 1.165) is 17.3 Å². The lowest BCUT2D eigenvalue weighted by molar-refractivity contribution is 0.469. The van der Waals surface area contributed by atoms with Crippen molar-refractivity contribution in [2.24, 2.45) is 0 Å². The van der Waals surface area contributed by atoms with Crippen molar-refractivity contribution in [3.8, 4) is 16.9 Å². The predicted molar refractivity (Wildman–Crippen MR) is 103 cm³/mol. The molecule has 0 radical (unpaired) electrons. The van der Waals surface area contributed by atoms with Crippen molar-refractivity contribution in [1.82, 2.24) is 4.98 Å². The molecule has 0 fully saturated rings. The molecule has 0 bridgehead atoms. The predicted octanol–water partition coefficient (Wildman–Crippen LogP) is 5.51. The average Bonchev–Trinajstić information content (AvgIpc) is 2.64. The summed E-state index contributed by atoms with van der Waals surface area (Å²) in [6, 6.07) is 27.1. The van der Waals surface area contributed by atoms with Crippen molar-refractivity contribution in [3.05, 3.63) is 95.7 Å². The molecule has 1 N–H and O–H groups in total. The Morgan fingerprint density at radius 1 is 0.760 bits per heavy atom. The number of hydrogen-bond donors (Lipinski definition) is 1. The minimum absolute atomic E-state index is 0.247. The summed E-state index contributed by atoms with van der Waals surface area (Å²) in [5, 5.41) is 10.8. The van der Waals surface area contributed by atoms with Crippen LogP contribution in [0.3, 0.4) is 0 Å². The summed E-state index contributed by atoms with van der Waals surface area (Å²) >= 11 is 0. The minimum atomic E-state index is 0.247. The number of pyridine rings is 1. The topological polar surface area (TPSA) is 33.1 Å². The van der Waals surface area contributed by atoms with Gasteiger partial charge < -0.3 is 5.11 Å². The van der Waals surface area contributed by atoms with Crippen LogP contribution in [-0.2, 0) is 6.42 Å². The zero-order valence-electron chi connectivity index (χ0n) is 14.1. The first-order valence-electron chi connectivity index (χ1n) is 8.43. The molecule has 0 amide bonds. The fraction of sp³-hybridized carbons (Fsp3) is 0.0870. The summed E-state index contributed by atoms with van der Waals surface area (Å²) in [4.78, 5) is 4.42. The largest absolute Gasteiger partial charge is 0.506 e. The van der Waals surface area contributed by atoms with E-state index in [4.69, 9.17) is 0 Å². The van der Waals surface area contributed by atoms with Crippen LogP contribution in [0.5, 0.6) is 5.75 Å². The van der Waals surface area contributed by atoms with Gasteiger partial charge in [0.05, 0.1) is 11.2 Å². The number of hydrogen-bond acceptors (Lipinski definition) is 2. The Kier molecular flexibility index (Phi) is 3.95. The third kappa shape index (κ3) is 3.24. The van der Waals surface area contributed by atoms with Crippen molar-refractivity contribution in [2.45, 2.75) is 13.3 Å². The molecule has 0 aliphatic heterocycles. The molecule has 0 atom stereocenters. The molecule has 2 heteroatoms. The van der Waals surface area contributed by atoms with Gasteiger partial charge in [-0.3, -0.25) is 0 Å². The van der Waals surface area contributed by atoms with Crippen LogP contribution >= 0.6 is 0 Å². The first-order valence-corrected chi connectivity index (χ1v) is 8.43. The molecule has 4 aromatic rings. The molecule has 122 valence electrons. The number of aromatic hydroxyl groups is 1. The van der Waals surface area contributed by atoms with E-state index in [1.807, 2.05) is 19.1 Å². The second kappa shape index (κ2) is 6.40. The third-order valence-electron chi connectivity index (χ3n) is 4.51. The lowest BCUT2D eigenvalue weighted by Gasteiger charge is -2.07. The van der Waals surface area contributed by atoms with E-state index in [9.17, 15) is 5.11 Å². The fourth-order valence-corrected chi connectivity index (χ4v) is 3.10. The van der Waals surface area contributed by atoms with E-state index in [1.54, 1.807) is 6.07 Å². The molecule has 0 aliphatic carbocycles. The SMILES string of the molecule is Cc1nc2ccc(Cc3ccc(-c4ccccc4)cc3)cc2cc1O. The lowest BCUT2D eigenvalue weighted by Crippen LogP contribution is -1.90. The van der Waals surface area contributed by atoms with E-state index in [1.165, 1.54) is 22.3 Å². The van der Waals surface area contributed by atoms with Gasteiger partial charge in [0.1, 0.15) is 5.75 Å². The summed E-state index contributed by atoms with van der Waals surface area (Å²) in [5.41, 5.74) is 6.52. The lowest BCUT2D eigenvalue weighted by atomic mass is 9.99. The smallest absolute Gasteiger partial charge is 0.137 e. The average molecular weight is 325 g/mol. The Balaban J connectivity index is 1.59. The summed E-state index contributed by atoms with van der Waals surface area (Å²) in [7, 11) is 0. The molecular weight excluding hydrogens is 306 g/mol. The second-order valence-corrected chi connectivity index (χ2v) is 6.36. The zero-order valence-corrected chi connectivity index (χ0v) is 14.1. The molecule has 25 heavy (non-hydrogen) atoms. The summed E-state index contributed by atoms with van der Waals surface area (Å²) in [6.45, 7) is 1.82. The minimum Gasteiger partial charge on any atom is -0.506 e. The standard InChI is InChI=1S/C23H19NO/c1-16-23(25)15-21-14-18(9-12-22(21)24-16)13-17-7-10-20(11-8-17)19-5-3-2-4-6-19/h2-12,14-15,25H,13H2,1H3. The first-order chi connectivity index (χ1) is 12.2. The van der Waals surface area contributed by atoms with Crippen LogP contribution < -0.4 is 0 Å². The molecule has 3 aromatic carbocycles. The maximum atomic E-state index is 9.87. The Morgan fingerprint density at radius 2 is 1.44 bits per heavy atom. The van der Waals surface area contributed by atoms with E-state index < -0.39 is 0 Å². The van der Waals surface area contributed by atoms with E-state index in [2.05, 4.69) is 65.6 Å². The van der Waals surface area contributed by atoms with Gasteiger partial charge in [-0.25, -0.2) is 4.98 Å². The number of aromatic nitrogens is 1. The van der Waals surface area contributed by atoms with Gasteiger partial charge in [-0.1, -0.05) is 60.7 Å². The van der Waals surface area contributed by atoms with Crippen LogP contribution in [-0.4, -0.2) is 10.1 Å². The monoisotopic (exact) mass is 325 g/mol. The Bertz CT molecular complexity index is 1020. The van der Waals surface area contributed by atoms with Crippen LogP contribution in [0.25, 0.3) is 22.0 Å². The van der Waals surface area contributed by atoms with Crippen molar-refractivity contribution in [2.75, 3.05) is 0 Å². The van der Waals surface area contributed by atoms with Crippen molar-refractivity contribution < 1.29 is 5.11 Å². The third-order valence-corrected chi connectivity index (χ3v) is 4.51. The Morgan fingerprint density at radius 3 is 2.20 bits per heavy atom. The van der Waals surface area contributed by atoms with Gasteiger partial charge in [0.2, 0.25) is 0 Å². The summed E-state index contributed by atoms with van der Waals surface area (Å²) in [6.07, 6.45) is 0.861. The summed E-state index contributed by atoms with van der Waals surface area (Å²) < 4.78 is 0. The Labute approximate surface area is 147 Å². The number of rotatable bonds is 3. The first kappa shape index (κ1) is 15.4. The molecule has 4 rings (SSSR count). The molecule has 1 heterocycles. The van der Waals surface area contributed by atoms with Gasteiger partial charge >= 0.3 is 0 Å². The molecule has 0 aliphatic rings. The van der Waals surface area contributed by atoms with Gasteiger partial charge in [-0.15, -0.1) is 0 Å². The number of aryl methyl sites for hydroxylation is 1. The van der Waals surface area contributed by atoms with E-state index in [-0.39, 0.29) is 5.75 Å². The molecular formula is C23H19NO. The van der Waals surface area contributed by atoms with Crippen molar-refractivity contribution in [3.63, 3.8) is 0 Å². The second-order valence-electron chi connectivity index (χ2n) is 6.36. The van der Waals surface area contributed by atoms with Gasteiger partial charge in [0.25, 0.3) is 0 Å². The molecule has 0 spiro atoms. The van der Waals surface area contributed by atoms with Gasteiger partial charge in [0.15, 0.2) is 0 Å². The van der Waals surface area contributed by atoms with Crippen molar-refractivity contribution in [1.29, 1.82) is 0 Å².